The maximum atomic E-state index is 13.0. The lowest BCUT2D eigenvalue weighted by Gasteiger charge is -2.41. The van der Waals surface area contributed by atoms with E-state index in [9.17, 15) is 4.79 Å². The lowest BCUT2D eigenvalue weighted by molar-refractivity contribution is 0.0999. The molecule has 0 saturated heterocycles. The molecule has 29 heavy (non-hydrogen) atoms. The van der Waals surface area contributed by atoms with E-state index in [-0.39, 0.29) is 22.2 Å². The lowest BCUT2D eigenvalue weighted by atomic mass is 9.66. The van der Waals surface area contributed by atoms with Crippen molar-refractivity contribution in [3.63, 3.8) is 0 Å². The molecule has 1 aromatic rings. The van der Waals surface area contributed by atoms with Crippen molar-refractivity contribution in [2.24, 2.45) is 5.73 Å². The van der Waals surface area contributed by atoms with Crippen molar-refractivity contribution in [3.8, 4) is 0 Å². The van der Waals surface area contributed by atoms with Crippen molar-refractivity contribution in [1.82, 2.24) is 0 Å². The molecule has 2 rings (SSSR count). The second-order valence-electron chi connectivity index (χ2n) is 11.7. The fraction of sp³-hybridized carbons (Fsp3) is 0.577. The molecular weight excluding hydrogens is 370 g/mol. The van der Waals surface area contributed by atoms with E-state index in [1.54, 1.807) is 0 Å². The molecule has 0 fully saturated rings. The van der Waals surface area contributed by atoms with Crippen LogP contribution in [0.15, 0.2) is 18.2 Å². The standard InChI is InChI=1S/C26H40NOSi/c1-24(2,3)19-17(16-14-12-13-15-16)20(25(4,5)6)21(26(7,8)9)22(29(10)11)18(19)23(27)28/h12-14H,15H2,1-11H3,(H2,27,28). The molecule has 0 heterocycles. The summed E-state index contributed by atoms with van der Waals surface area (Å²) >= 11 is 0. The zero-order valence-corrected chi connectivity index (χ0v) is 21.4. The van der Waals surface area contributed by atoms with Crippen LogP contribution in [0.25, 0.3) is 5.57 Å². The number of nitrogens with two attached hydrogens (primary N) is 1. The van der Waals surface area contributed by atoms with Gasteiger partial charge in [0, 0.05) is 5.56 Å². The maximum Gasteiger partial charge on any atom is 0.248 e. The molecule has 1 radical (unpaired) electrons. The molecule has 0 spiro atoms. The molecule has 159 valence electrons. The molecule has 0 aromatic heterocycles. The molecule has 2 nitrogen and oxygen atoms in total. The number of rotatable bonds is 3. The number of primary amides is 1. The number of carbonyl (C=O) groups is 1. The summed E-state index contributed by atoms with van der Waals surface area (Å²) in [5, 5.41) is 1.24. The molecule has 1 aliphatic carbocycles. The van der Waals surface area contributed by atoms with Crippen LogP contribution in [0.2, 0.25) is 13.1 Å². The Morgan fingerprint density at radius 2 is 1.34 bits per heavy atom. The molecule has 0 atom stereocenters. The van der Waals surface area contributed by atoms with Gasteiger partial charge in [-0.05, 0) is 55.7 Å². The average Bonchev–Trinajstić information content (AvgIpc) is 3.02. The monoisotopic (exact) mass is 410 g/mol. The highest BCUT2D eigenvalue weighted by molar-refractivity contribution is 6.72. The van der Waals surface area contributed by atoms with Crippen LogP contribution < -0.4 is 10.9 Å². The van der Waals surface area contributed by atoms with Gasteiger partial charge in [0.2, 0.25) is 5.91 Å². The Bertz CT molecular complexity index is 881. The van der Waals surface area contributed by atoms with E-state index in [0.717, 1.165) is 17.5 Å². The van der Waals surface area contributed by atoms with Gasteiger partial charge in [-0.15, -0.1) is 0 Å². The van der Waals surface area contributed by atoms with Crippen molar-refractivity contribution in [2.75, 3.05) is 0 Å². The van der Waals surface area contributed by atoms with E-state index in [0.29, 0.717) is 0 Å². The first kappa shape index (κ1) is 23.7. The molecule has 3 heteroatoms. The van der Waals surface area contributed by atoms with E-state index in [1.165, 1.54) is 27.5 Å². The van der Waals surface area contributed by atoms with E-state index in [1.807, 2.05) is 0 Å². The minimum atomic E-state index is -0.937. The van der Waals surface area contributed by atoms with Gasteiger partial charge in [-0.3, -0.25) is 4.79 Å². The van der Waals surface area contributed by atoms with E-state index in [2.05, 4.69) is 93.6 Å². The van der Waals surface area contributed by atoms with Crippen LogP contribution in [-0.4, -0.2) is 14.7 Å². The van der Waals surface area contributed by atoms with Gasteiger partial charge >= 0.3 is 0 Å². The van der Waals surface area contributed by atoms with Crippen molar-refractivity contribution >= 4 is 25.5 Å². The molecule has 0 unspecified atom stereocenters. The summed E-state index contributed by atoms with van der Waals surface area (Å²) in [6.07, 6.45) is 7.47. The molecule has 1 aliphatic rings. The molecule has 1 amide bonds. The Labute approximate surface area is 180 Å². The molecule has 0 bridgehead atoms. The topological polar surface area (TPSA) is 43.1 Å². The van der Waals surface area contributed by atoms with Crippen LogP contribution >= 0.6 is 0 Å². The Balaban J connectivity index is 3.34. The van der Waals surface area contributed by atoms with Gasteiger partial charge in [0.1, 0.15) is 0 Å². The zero-order chi connectivity index (χ0) is 22.5. The largest absolute Gasteiger partial charge is 0.366 e. The molecule has 0 aliphatic heterocycles. The third-order valence-corrected chi connectivity index (χ3v) is 7.09. The second-order valence-corrected chi connectivity index (χ2v) is 14.2. The summed E-state index contributed by atoms with van der Waals surface area (Å²) in [7, 11) is -0.937. The number of amides is 1. The van der Waals surface area contributed by atoms with Gasteiger partial charge in [-0.2, -0.15) is 0 Å². The third-order valence-electron chi connectivity index (χ3n) is 5.59. The van der Waals surface area contributed by atoms with E-state index in [4.69, 9.17) is 5.73 Å². The van der Waals surface area contributed by atoms with Crippen LogP contribution in [0, 0.1) is 0 Å². The van der Waals surface area contributed by atoms with Crippen LogP contribution in [-0.2, 0) is 16.2 Å². The lowest BCUT2D eigenvalue weighted by Crippen LogP contribution is -2.45. The van der Waals surface area contributed by atoms with Crippen LogP contribution in [0.5, 0.6) is 0 Å². The predicted molar refractivity (Wildman–Crippen MR) is 130 cm³/mol. The maximum absolute atomic E-state index is 13.0. The minimum Gasteiger partial charge on any atom is -0.366 e. The number of carbonyl (C=O) groups excluding carboxylic acids is 1. The first-order valence-corrected chi connectivity index (χ1v) is 13.2. The summed E-state index contributed by atoms with van der Waals surface area (Å²) in [6.45, 7) is 25.0. The molecule has 0 saturated carbocycles. The fourth-order valence-electron chi connectivity index (χ4n) is 4.70. The van der Waals surface area contributed by atoms with Crippen LogP contribution in [0.3, 0.4) is 0 Å². The van der Waals surface area contributed by atoms with E-state index < -0.39 is 8.80 Å². The Hall–Kier alpha value is -1.61. The van der Waals surface area contributed by atoms with Gasteiger partial charge in [0.15, 0.2) is 0 Å². The Kier molecular flexibility index (Phi) is 6.18. The van der Waals surface area contributed by atoms with Gasteiger partial charge in [-0.1, -0.05) is 93.6 Å². The summed E-state index contributed by atoms with van der Waals surface area (Å²) in [5.41, 5.74) is 13.0. The number of allylic oxidation sites excluding steroid dienone is 4. The average molecular weight is 411 g/mol. The fourth-order valence-corrected chi connectivity index (χ4v) is 6.45. The Morgan fingerprint density at radius 1 is 0.862 bits per heavy atom. The summed E-state index contributed by atoms with van der Waals surface area (Å²) < 4.78 is 0. The number of hydrogen-bond donors (Lipinski definition) is 1. The van der Waals surface area contributed by atoms with Crippen molar-refractivity contribution in [2.45, 2.75) is 98.1 Å². The summed E-state index contributed by atoms with van der Waals surface area (Å²) in [6, 6.07) is 0. The van der Waals surface area contributed by atoms with Crippen molar-refractivity contribution in [3.05, 3.63) is 46.0 Å². The number of hydrogen-bond acceptors (Lipinski definition) is 1. The van der Waals surface area contributed by atoms with E-state index >= 15 is 0 Å². The number of benzene rings is 1. The van der Waals surface area contributed by atoms with Gasteiger partial charge in [0.25, 0.3) is 0 Å². The zero-order valence-electron chi connectivity index (χ0n) is 20.4. The SMILES string of the molecule is C[Si](C)c1c(C(N)=O)c(C(C)(C)C)c(C2=CC=CC2)c(C(C)(C)C)c1C(C)(C)C. The van der Waals surface area contributed by atoms with Gasteiger partial charge in [-0.25, -0.2) is 0 Å². The first-order chi connectivity index (χ1) is 13.0. The smallest absolute Gasteiger partial charge is 0.248 e. The minimum absolute atomic E-state index is 0.0520. The third kappa shape index (κ3) is 4.45. The molecular formula is C26H40NOSi. The first-order valence-electron chi connectivity index (χ1n) is 10.7. The summed E-state index contributed by atoms with van der Waals surface area (Å²) in [4.78, 5) is 13.0. The molecule has 1 aromatic carbocycles. The van der Waals surface area contributed by atoms with Crippen molar-refractivity contribution < 1.29 is 4.79 Å². The van der Waals surface area contributed by atoms with Crippen molar-refractivity contribution in [1.29, 1.82) is 0 Å². The highest BCUT2D eigenvalue weighted by Crippen LogP contribution is 2.46. The highest BCUT2D eigenvalue weighted by atomic mass is 28.3. The predicted octanol–water partition coefficient (Wildman–Crippen LogP) is 5.98. The quantitative estimate of drug-likeness (QED) is 0.612. The van der Waals surface area contributed by atoms with Gasteiger partial charge < -0.3 is 5.73 Å². The van der Waals surface area contributed by atoms with Crippen LogP contribution in [0.4, 0.5) is 0 Å². The normalized spacial score (nSPS) is 15.2. The highest BCUT2D eigenvalue weighted by Gasteiger charge is 2.39. The molecule has 2 N–H and O–H groups in total. The Morgan fingerprint density at radius 3 is 1.66 bits per heavy atom. The second kappa shape index (κ2) is 7.57. The van der Waals surface area contributed by atoms with Gasteiger partial charge in [0.05, 0.1) is 8.80 Å². The summed E-state index contributed by atoms with van der Waals surface area (Å²) in [5.74, 6) is -0.283. The van der Waals surface area contributed by atoms with Crippen LogP contribution in [0.1, 0.15) is 101 Å².